The molecule has 184 valence electrons. The Kier molecular flexibility index (Phi) is 5.32. The molecule has 3 nitrogen and oxygen atoms in total. The summed E-state index contributed by atoms with van der Waals surface area (Å²) in [6.07, 6.45) is 11.0. The van der Waals surface area contributed by atoms with Gasteiger partial charge in [0.05, 0.1) is 12.5 Å². The number of carbonyl (C=O) groups is 2. The smallest absolute Gasteiger partial charge is 0.312 e. The molecule has 0 aromatic carbocycles. The second kappa shape index (κ2) is 7.44. The lowest BCUT2D eigenvalue weighted by molar-refractivity contribution is -0.202. The first-order valence-corrected chi connectivity index (χ1v) is 13.7. The minimum atomic E-state index is -0.289. The van der Waals surface area contributed by atoms with Gasteiger partial charge in [0.2, 0.25) is 0 Å². The fourth-order valence-electron chi connectivity index (χ4n) is 11.2. The molecule has 0 aliphatic heterocycles. The molecule has 0 saturated heterocycles. The highest BCUT2D eigenvalue weighted by atomic mass is 16.5. The summed E-state index contributed by atoms with van der Waals surface area (Å²) in [5.74, 6) is 3.85. The van der Waals surface area contributed by atoms with Crippen molar-refractivity contribution in [1.82, 2.24) is 0 Å². The summed E-state index contributed by atoms with van der Waals surface area (Å²) in [5, 5.41) is 0. The molecule has 0 aromatic heterocycles. The lowest BCUT2D eigenvalue weighted by Crippen LogP contribution is -2.63. The van der Waals surface area contributed by atoms with Gasteiger partial charge in [-0.05, 0) is 111 Å². The molecule has 0 heterocycles. The average molecular weight is 455 g/mol. The quantitative estimate of drug-likeness (QED) is 0.333. The third-order valence-electron chi connectivity index (χ3n) is 12.6. The summed E-state index contributed by atoms with van der Waals surface area (Å²) in [6, 6.07) is 0. The van der Waals surface area contributed by atoms with Crippen LogP contribution in [0.1, 0.15) is 98.8 Å². The van der Waals surface area contributed by atoms with Crippen LogP contribution in [0.3, 0.4) is 0 Å². The van der Waals surface area contributed by atoms with Gasteiger partial charge in [-0.25, -0.2) is 0 Å². The van der Waals surface area contributed by atoms with Crippen LogP contribution in [0, 0.1) is 57.2 Å². The van der Waals surface area contributed by atoms with Crippen LogP contribution >= 0.6 is 0 Å². The summed E-state index contributed by atoms with van der Waals surface area (Å²) in [6.45, 7) is 16.2. The van der Waals surface area contributed by atoms with E-state index in [1.807, 2.05) is 0 Å². The number of hydrogen-bond acceptors (Lipinski definition) is 3. The monoisotopic (exact) mass is 454 g/mol. The molecule has 0 bridgehead atoms. The standard InChI is InChI=1S/C30H46O3/c1-18(2)19-10-16-30(26(32)33-7)17-11-21-20(25(19)30)8-9-23-28(21,5)14-12-22-27(3,4)24(31)13-15-29(22,23)6/h19-23,25H,1,8-17H2,2-7H3/t19?,20-,21?,22?,23?,25?,28-,29-,30-/m0/s1. The number of ketones is 1. The van der Waals surface area contributed by atoms with Crippen molar-refractivity contribution in [2.24, 2.45) is 57.2 Å². The first kappa shape index (κ1) is 23.6. The van der Waals surface area contributed by atoms with Crippen LogP contribution in [0.25, 0.3) is 0 Å². The van der Waals surface area contributed by atoms with E-state index < -0.39 is 0 Å². The second-order valence-electron chi connectivity index (χ2n) is 13.9. The van der Waals surface area contributed by atoms with E-state index >= 15 is 0 Å². The zero-order chi connectivity index (χ0) is 24.0. The molecule has 3 heteroatoms. The number of carbonyl (C=O) groups excluding carboxylic acids is 2. The van der Waals surface area contributed by atoms with Crippen LogP contribution in [-0.2, 0) is 14.3 Å². The fraction of sp³-hybridized carbons (Fsp3) is 0.867. The number of fused-ring (bicyclic) bond motifs is 7. The zero-order valence-electron chi connectivity index (χ0n) is 22.0. The van der Waals surface area contributed by atoms with Gasteiger partial charge in [-0.1, -0.05) is 39.8 Å². The predicted octanol–water partition coefficient (Wildman–Crippen LogP) is 7.00. The van der Waals surface area contributed by atoms with Crippen molar-refractivity contribution >= 4 is 11.8 Å². The molecule has 5 rings (SSSR count). The number of ether oxygens (including phenoxy) is 1. The molecule has 0 N–H and O–H groups in total. The Morgan fingerprint density at radius 2 is 1.61 bits per heavy atom. The van der Waals surface area contributed by atoms with Gasteiger partial charge in [0.25, 0.3) is 0 Å². The van der Waals surface area contributed by atoms with Gasteiger partial charge in [0, 0.05) is 11.8 Å². The Balaban J connectivity index is 1.52. The van der Waals surface area contributed by atoms with Crippen LogP contribution in [0.2, 0.25) is 0 Å². The van der Waals surface area contributed by atoms with E-state index in [9.17, 15) is 9.59 Å². The van der Waals surface area contributed by atoms with Gasteiger partial charge in [-0.2, -0.15) is 0 Å². The predicted molar refractivity (Wildman–Crippen MR) is 131 cm³/mol. The van der Waals surface area contributed by atoms with Crippen molar-refractivity contribution in [3.63, 3.8) is 0 Å². The Morgan fingerprint density at radius 1 is 0.909 bits per heavy atom. The molecule has 5 saturated carbocycles. The Hall–Kier alpha value is -1.12. The Labute approximate surface area is 201 Å². The molecule has 0 aromatic rings. The minimum absolute atomic E-state index is 0.0465. The van der Waals surface area contributed by atoms with Gasteiger partial charge in [0.15, 0.2) is 0 Å². The largest absolute Gasteiger partial charge is 0.469 e. The molecule has 5 aliphatic carbocycles. The lowest BCUT2D eigenvalue weighted by atomic mass is 9.36. The number of rotatable bonds is 2. The van der Waals surface area contributed by atoms with Crippen molar-refractivity contribution in [1.29, 1.82) is 0 Å². The molecule has 0 amide bonds. The lowest BCUT2D eigenvalue weighted by Gasteiger charge is -2.68. The molecule has 9 atom stereocenters. The molecule has 0 spiro atoms. The van der Waals surface area contributed by atoms with Crippen LogP contribution in [0.4, 0.5) is 0 Å². The Bertz CT molecular complexity index is 872. The van der Waals surface area contributed by atoms with Crippen molar-refractivity contribution in [3.8, 4) is 0 Å². The maximum Gasteiger partial charge on any atom is 0.312 e. The molecule has 5 unspecified atom stereocenters. The molecule has 5 fully saturated rings. The highest BCUT2D eigenvalue weighted by Gasteiger charge is 2.68. The van der Waals surface area contributed by atoms with Gasteiger partial charge in [0.1, 0.15) is 5.78 Å². The molecular formula is C30H46O3. The van der Waals surface area contributed by atoms with Gasteiger partial charge < -0.3 is 4.74 Å². The summed E-state index contributed by atoms with van der Waals surface area (Å²) in [5.41, 5.74) is 1.37. The van der Waals surface area contributed by atoms with Crippen LogP contribution in [0.15, 0.2) is 12.2 Å². The second-order valence-corrected chi connectivity index (χ2v) is 13.9. The highest BCUT2D eigenvalue weighted by molar-refractivity contribution is 5.85. The molecular weight excluding hydrogens is 408 g/mol. The average Bonchev–Trinajstić information content (AvgIpc) is 3.17. The van der Waals surface area contributed by atoms with Crippen LogP contribution in [0.5, 0.6) is 0 Å². The SMILES string of the molecule is C=C(C)C1CC[C@]2(C(=O)OC)CCC3[C@H](CCC4[C@@]3(C)CCC3C(C)(C)C(=O)CC[C@@]34C)C12. The van der Waals surface area contributed by atoms with E-state index in [-0.39, 0.29) is 22.2 Å². The number of allylic oxidation sites excluding steroid dienone is 1. The van der Waals surface area contributed by atoms with E-state index in [2.05, 4.69) is 41.2 Å². The molecule has 33 heavy (non-hydrogen) atoms. The summed E-state index contributed by atoms with van der Waals surface area (Å²) in [7, 11) is 1.58. The van der Waals surface area contributed by atoms with Gasteiger partial charge >= 0.3 is 5.97 Å². The van der Waals surface area contributed by atoms with Crippen molar-refractivity contribution < 1.29 is 14.3 Å². The zero-order valence-corrected chi connectivity index (χ0v) is 22.0. The van der Waals surface area contributed by atoms with Crippen molar-refractivity contribution in [3.05, 3.63) is 12.2 Å². The normalized spacial score (nSPS) is 50.4. The van der Waals surface area contributed by atoms with Gasteiger partial charge in [-0.15, -0.1) is 0 Å². The molecule has 5 aliphatic rings. The van der Waals surface area contributed by atoms with Crippen LogP contribution < -0.4 is 0 Å². The topological polar surface area (TPSA) is 43.4 Å². The maximum absolute atomic E-state index is 13.2. The van der Waals surface area contributed by atoms with Gasteiger partial charge in [-0.3, -0.25) is 9.59 Å². The number of Topliss-reactive ketones (excluding diaryl/α,β-unsaturated/α-hetero) is 1. The minimum Gasteiger partial charge on any atom is -0.469 e. The number of methoxy groups -OCH3 is 1. The summed E-state index contributed by atoms with van der Waals surface area (Å²) >= 11 is 0. The fourth-order valence-corrected chi connectivity index (χ4v) is 11.2. The highest BCUT2D eigenvalue weighted by Crippen LogP contribution is 2.73. The maximum atomic E-state index is 13.2. The Morgan fingerprint density at radius 3 is 2.27 bits per heavy atom. The van der Waals surface area contributed by atoms with Crippen molar-refractivity contribution in [2.75, 3.05) is 7.11 Å². The van der Waals surface area contributed by atoms with E-state index in [0.717, 1.165) is 38.5 Å². The first-order chi connectivity index (χ1) is 15.4. The third-order valence-corrected chi connectivity index (χ3v) is 12.6. The summed E-state index contributed by atoms with van der Waals surface area (Å²) in [4.78, 5) is 26.1. The van der Waals surface area contributed by atoms with E-state index in [4.69, 9.17) is 4.74 Å². The van der Waals surface area contributed by atoms with E-state index in [1.54, 1.807) is 7.11 Å². The van der Waals surface area contributed by atoms with Crippen molar-refractivity contribution in [2.45, 2.75) is 98.8 Å². The molecule has 0 radical (unpaired) electrons. The number of hydrogen-bond donors (Lipinski definition) is 0. The van der Waals surface area contributed by atoms with E-state index in [0.29, 0.717) is 46.7 Å². The first-order valence-electron chi connectivity index (χ1n) is 13.7. The third kappa shape index (κ3) is 2.92. The van der Waals surface area contributed by atoms with E-state index in [1.165, 1.54) is 31.3 Å². The number of esters is 1. The summed E-state index contributed by atoms with van der Waals surface area (Å²) < 4.78 is 5.45. The van der Waals surface area contributed by atoms with Crippen LogP contribution in [-0.4, -0.2) is 18.9 Å².